The topological polar surface area (TPSA) is 75.7 Å². The molecule has 1 N–H and O–H groups in total. The Morgan fingerprint density at radius 1 is 1.26 bits per heavy atom. The van der Waals surface area contributed by atoms with Crippen molar-refractivity contribution in [2.75, 3.05) is 25.4 Å². The first-order valence-corrected chi connectivity index (χ1v) is 11.1. The summed E-state index contributed by atoms with van der Waals surface area (Å²) in [5.41, 5.74) is 2.16. The van der Waals surface area contributed by atoms with Crippen LogP contribution < -0.4 is 10.1 Å². The molecule has 0 saturated carbocycles. The van der Waals surface area contributed by atoms with Crippen molar-refractivity contribution in [3.8, 4) is 5.75 Å². The molecule has 2 rings (SSSR count). The maximum Gasteiger partial charge on any atom is 0.258 e. The quantitative estimate of drug-likeness (QED) is 0.802. The highest BCUT2D eigenvalue weighted by Gasteiger charge is 2.27. The molecule has 6 nitrogen and oxygen atoms in total. The number of nitrogens with zero attached hydrogens (tertiary/aromatic N) is 1. The second-order valence-corrected chi connectivity index (χ2v) is 10.4. The van der Waals surface area contributed by atoms with E-state index in [1.807, 2.05) is 19.1 Å². The number of aryl methyl sites for hydroxylation is 1. The van der Waals surface area contributed by atoms with Crippen LogP contribution >= 0.6 is 0 Å². The van der Waals surface area contributed by atoms with Crippen LogP contribution in [0.1, 0.15) is 51.7 Å². The Labute approximate surface area is 163 Å². The Morgan fingerprint density at radius 3 is 2.44 bits per heavy atom. The third kappa shape index (κ3) is 5.94. The zero-order chi connectivity index (χ0) is 20.2. The van der Waals surface area contributed by atoms with Crippen LogP contribution in [0.2, 0.25) is 0 Å². The fourth-order valence-corrected chi connectivity index (χ4v) is 4.36. The summed E-state index contributed by atoms with van der Waals surface area (Å²) in [6.45, 7) is 10.9. The van der Waals surface area contributed by atoms with E-state index in [4.69, 9.17) is 4.74 Å². The Hall–Kier alpha value is -1.60. The fourth-order valence-electron chi connectivity index (χ4n) is 3.23. The van der Waals surface area contributed by atoms with E-state index in [1.165, 1.54) is 4.31 Å². The number of rotatable bonds is 6. The summed E-state index contributed by atoms with van der Waals surface area (Å²) in [5.74, 6) is 0.671. The number of nitrogens with one attached hydrogen (secondary N) is 1. The lowest BCUT2D eigenvalue weighted by atomic mass is 9.85. The highest BCUT2D eigenvalue weighted by Crippen LogP contribution is 2.32. The number of piperidine rings is 1. The maximum absolute atomic E-state index is 12.3. The molecule has 0 aromatic heterocycles. The minimum absolute atomic E-state index is 0.00971. The summed E-state index contributed by atoms with van der Waals surface area (Å²) in [4.78, 5) is 12.3. The molecule has 1 aromatic rings. The van der Waals surface area contributed by atoms with Crippen LogP contribution in [-0.4, -0.2) is 50.1 Å². The average molecular weight is 397 g/mol. The summed E-state index contributed by atoms with van der Waals surface area (Å²) in [7, 11) is -3.15. The number of ether oxygens (including phenoxy) is 1. The summed E-state index contributed by atoms with van der Waals surface area (Å²) >= 11 is 0. The molecule has 0 bridgehead atoms. The van der Waals surface area contributed by atoms with Gasteiger partial charge in [0.1, 0.15) is 5.75 Å². The van der Waals surface area contributed by atoms with Gasteiger partial charge < -0.3 is 10.1 Å². The highest BCUT2D eigenvalue weighted by atomic mass is 32.2. The largest absolute Gasteiger partial charge is 0.483 e. The van der Waals surface area contributed by atoms with Crippen LogP contribution in [0.3, 0.4) is 0 Å². The van der Waals surface area contributed by atoms with Crippen molar-refractivity contribution in [3.63, 3.8) is 0 Å². The molecule has 1 amide bonds. The third-order valence-electron chi connectivity index (χ3n) is 4.88. The molecule has 0 atom stereocenters. The molecule has 152 valence electrons. The zero-order valence-electron chi connectivity index (χ0n) is 17.0. The molecule has 1 fully saturated rings. The first-order chi connectivity index (χ1) is 12.5. The number of benzene rings is 1. The molecule has 27 heavy (non-hydrogen) atoms. The number of sulfonamides is 1. The second-order valence-electron chi connectivity index (χ2n) is 8.18. The van der Waals surface area contributed by atoms with E-state index in [1.54, 1.807) is 6.92 Å². The Bertz CT molecular complexity index is 761. The summed E-state index contributed by atoms with van der Waals surface area (Å²) in [6, 6.07) is 5.98. The van der Waals surface area contributed by atoms with E-state index >= 15 is 0 Å². The van der Waals surface area contributed by atoms with Gasteiger partial charge in [-0.3, -0.25) is 4.79 Å². The van der Waals surface area contributed by atoms with Crippen molar-refractivity contribution in [2.45, 2.75) is 58.9 Å². The first kappa shape index (κ1) is 21.7. The molecule has 1 aliphatic heterocycles. The summed E-state index contributed by atoms with van der Waals surface area (Å²) in [5, 5.41) is 2.96. The molecule has 1 aliphatic rings. The smallest absolute Gasteiger partial charge is 0.258 e. The van der Waals surface area contributed by atoms with Gasteiger partial charge in [-0.1, -0.05) is 38.5 Å². The summed E-state index contributed by atoms with van der Waals surface area (Å²) < 4.78 is 31.1. The lowest BCUT2D eigenvalue weighted by Crippen LogP contribution is -2.47. The lowest BCUT2D eigenvalue weighted by Gasteiger charge is -2.31. The van der Waals surface area contributed by atoms with E-state index in [0.29, 0.717) is 25.9 Å². The van der Waals surface area contributed by atoms with Gasteiger partial charge in [0.25, 0.3) is 5.91 Å². The number of hydrogen-bond acceptors (Lipinski definition) is 4. The first-order valence-electron chi connectivity index (χ1n) is 9.54. The molecule has 1 saturated heterocycles. The normalized spacial score (nSPS) is 16.9. The van der Waals surface area contributed by atoms with Crippen LogP contribution in [0.15, 0.2) is 18.2 Å². The molecule has 0 radical (unpaired) electrons. The van der Waals surface area contributed by atoms with E-state index in [9.17, 15) is 13.2 Å². The van der Waals surface area contributed by atoms with Crippen molar-refractivity contribution in [3.05, 3.63) is 29.3 Å². The minimum atomic E-state index is -3.15. The molecular weight excluding hydrogens is 364 g/mol. The van der Waals surface area contributed by atoms with Crippen LogP contribution in [-0.2, 0) is 20.2 Å². The van der Waals surface area contributed by atoms with Gasteiger partial charge in [-0.2, -0.15) is 0 Å². The van der Waals surface area contributed by atoms with E-state index < -0.39 is 10.0 Å². The molecule has 7 heteroatoms. The Kier molecular flexibility index (Phi) is 6.92. The monoisotopic (exact) mass is 396 g/mol. The van der Waals surface area contributed by atoms with Gasteiger partial charge in [0.15, 0.2) is 6.61 Å². The maximum atomic E-state index is 12.3. The van der Waals surface area contributed by atoms with Crippen LogP contribution in [0.4, 0.5) is 0 Å². The zero-order valence-corrected chi connectivity index (χ0v) is 17.9. The van der Waals surface area contributed by atoms with Gasteiger partial charge in [-0.25, -0.2) is 12.7 Å². The standard InChI is InChI=1S/C20H32N2O4S/c1-6-27(24,25)22-11-9-16(10-12-22)21-19(23)14-26-18-8-7-15(2)13-17(18)20(3,4)5/h7-8,13,16H,6,9-12,14H2,1-5H3,(H,21,23). The van der Waals surface area contributed by atoms with Crippen molar-refractivity contribution in [1.29, 1.82) is 0 Å². The van der Waals surface area contributed by atoms with E-state index in [-0.39, 0.29) is 29.7 Å². The number of carbonyl (C=O) groups is 1. The second kappa shape index (κ2) is 8.61. The summed E-state index contributed by atoms with van der Waals surface area (Å²) in [6.07, 6.45) is 1.26. The van der Waals surface area contributed by atoms with Crippen molar-refractivity contribution in [1.82, 2.24) is 9.62 Å². The Balaban J connectivity index is 1.88. The van der Waals surface area contributed by atoms with Crippen molar-refractivity contribution in [2.24, 2.45) is 0 Å². The SMILES string of the molecule is CCS(=O)(=O)N1CCC(NC(=O)COc2ccc(C)cc2C(C)(C)C)CC1. The predicted molar refractivity (Wildman–Crippen MR) is 108 cm³/mol. The van der Waals surface area contributed by atoms with Gasteiger partial charge in [-0.15, -0.1) is 0 Å². The van der Waals surface area contributed by atoms with E-state index in [2.05, 4.69) is 32.2 Å². The molecule has 1 aromatic carbocycles. The van der Waals surface area contributed by atoms with Gasteiger partial charge >= 0.3 is 0 Å². The highest BCUT2D eigenvalue weighted by molar-refractivity contribution is 7.89. The predicted octanol–water partition coefficient (Wildman–Crippen LogP) is 2.60. The molecule has 0 aliphatic carbocycles. The van der Waals surface area contributed by atoms with Crippen molar-refractivity contribution >= 4 is 15.9 Å². The molecule has 1 heterocycles. The lowest BCUT2D eigenvalue weighted by molar-refractivity contribution is -0.124. The Morgan fingerprint density at radius 2 is 1.89 bits per heavy atom. The third-order valence-corrected chi connectivity index (χ3v) is 6.76. The number of carbonyl (C=O) groups excluding carboxylic acids is 1. The molecular formula is C20H32N2O4S. The molecule has 0 unspecified atom stereocenters. The number of amides is 1. The van der Waals surface area contributed by atoms with Gasteiger partial charge in [0.05, 0.1) is 5.75 Å². The van der Waals surface area contributed by atoms with Crippen LogP contribution in [0.5, 0.6) is 5.75 Å². The molecule has 0 spiro atoms. The number of hydrogen-bond donors (Lipinski definition) is 1. The van der Waals surface area contributed by atoms with Gasteiger partial charge in [-0.05, 0) is 43.7 Å². The van der Waals surface area contributed by atoms with E-state index in [0.717, 1.165) is 16.9 Å². The van der Waals surface area contributed by atoms with Crippen LogP contribution in [0.25, 0.3) is 0 Å². The van der Waals surface area contributed by atoms with Gasteiger partial charge in [0.2, 0.25) is 10.0 Å². The fraction of sp³-hybridized carbons (Fsp3) is 0.650. The van der Waals surface area contributed by atoms with Crippen LogP contribution in [0, 0.1) is 6.92 Å². The average Bonchev–Trinajstić information content (AvgIpc) is 2.60. The minimum Gasteiger partial charge on any atom is -0.483 e. The van der Waals surface area contributed by atoms with Gasteiger partial charge in [0, 0.05) is 19.1 Å². The van der Waals surface area contributed by atoms with Crippen molar-refractivity contribution < 1.29 is 17.9 Å².